The molecular weight excluding hydrogens is 1080 g/mol. The zero-order valence-corrected chi connectivity index (χ0v) is 56.9. The number of hydrogen-bond donors (Lipinski definition) is 0. The van der Waals surface area contributed by atoms with Gasteiger partial charge in [-0.2, -0.15) is 0 Å². The Kier molecular flexibility index (Phi) is 25.5. The third-order valence-electron chi connectivity index (χ3n) is 24.3. The minimum absolute atomic E-state index is 0. The van der Waals surface area contributed by atoms with Gasteiger partial charge in [0.05, 0.1) is 11.6 Å². The second-order valence-corrected chi connectivity index (χ2v) is 29.8. The zero-order valence-electron chi connectivity index (χ0n) is 55.3. The van der Waals surface area contributed by atoms with E-state index in [9.17, 15) is 29.4 Å². The van der Waals surface area contributed by atoms with E-state index in [1.54, 1.807) is 59.7 Å². The molecule has 18 atom stereocenters. The van der Waals surface area contributed by atoms with Crippen LogP contribution in [-0.4, -0.2) is 35.3 Å². The molecule has 8 aliphatic rings. The zero-order chi connectivity index (χ0) is 61.3. The summed E-state index contributed by atoms with van der Waals surface area (Å²) in [6.45, 7) is 32.2. The van der Waals surface area contributed by atoms with E-state index in [4.69, 9.17) is 0 Å². The molecule has 0 heterocycles. The molecule has 0 radical (unpaired) electrons. The van der Waals surface area contributed by atoms with E-state index in [1.165, 1.54) is 90.9 Å². The first kappa shape index (κ1) is 70.5. The van der Waals surface area contributed by atoms with E-state index in [2.05, 4.69) is 120 Å². The largest absolute Gasteiger partial charge is 0.852 e. The van der Waals surface area contributed by atoms with Crippen LogP contribution in [0.4, 0.5) is 0 Å². The first-order chi connectivity index (χ1) is 39.8. The molecule has 0 amide bonds. The number of rotatable bonds is 16. The number of hydrogen-bond acceptors (Lipinski definition) is 6. The molecule has 0 aromatic heterocycles. The van der Waals surface area contributed by atoms with E-state index in [-0.39, 0.29) is 57.1 Å². The second-order valence-electron chi connectivity index (χ2n) is 29.8. The average Bonchev–Trinajstić information content (AvgIpc) is 1.77. The number of allylic oxidation sites excluding steroid dienone is 6. The van der Waals surface area contributed by atoms with Gasteiger partial charge in [0.15, 0.2) is 0 Å². The molecule has 10 rings (SSSR count). The molecule has 6 nitrogen and oxygen atoms in total. The average molecular weight is 1190 g/mol. The monoisotopic (exact) mass is 1190 g/mol. The van der Waals surface area contributed by atoms with Gasteiger partial charge in [0.1, 0.15) is 0 Å². The molecule has 2 aromatic carbocycles. The van der Waals surface area contributed by atoms with Crippen molar-refractivity contribution in [3.05, 3.63) is 132 Å². The Bertz CT molecular complexity index is 2450. The summed E-state index contributed by atoms with van der Waals surface area (Å²) < 4.78 is 0. The smallest absolute Gasteiger partial charge is 0.0768 e. The summed E-state index contributed by atoms with van der Waals surface area (Å²) in [4.78, 5) is 43.5. The fourth-order valence-corrected chi connectivity index (χ4v) is 19.4. The fraction of sp³-hybridized carbons (Fsp3) is 0.667. The molecular formula is C78H112O6Ti-4. The third-order valence-corrected chi connectivity index (χ3v) is 24.3. The van der Waals surface area contributed by atoms with E-state index < -0.39 is 0 Å². The SMILES string of the molecule is CC(=O)[CH-]C(=O)c1ccccc1.CC(=O)[CH-]C(=O)c1ccccc1.CC[C@H](C=CC(C)[C@H]1CCC2[C@@H]3CC=C4C[C@@H]([O-])CC[C@]4(C)C3CC[C@@]21C)C(C)C.CC[C@H](C=CC(C)[C@H]1CCC2[C@@H]3CC=C4C[C@@H]([O-])CC[C@]4(C)C3CC[C@@]21C)C(C)C.[Ti]. The minimum Gasteiger partial charge on any atom is -0.852 e. The number of Topliss-reactive ketones (excluding diaryl/α,β-unsaturated/α-hetero) is 4. The predicted octanol–water partition coefficient (Wildman–Crippen LogP) is 17.7. The number of benzene rings is 2. The fourth-order valence-electron chi connectivity index (χ4n) is 19.4. The van der Waals surface area contributed by atoms with Gasteiger partial charge in [-0.3, -0.25) is 0 Å². The van der Waals surface area contributed by atoms with Crippen LogP contribution in [0, 0.1) is 117 Å². The summed E-state index contributed by atoms with van der Waals surface area (Å²) in [6.07, 6.45) is 39.0. The number of ketones is 4. The molecule has 0 aliphatic heterocycles. The maximum atomic E-state index is 12.2. The Morgan fingerprint density at radius 3 is 1.18 bits per heavy atom. The van der Waals surface area contributed by atoms with Crippen molar-refractivity contribution >= 4 is 23.1 Å². The normalized spacial score (nSPS) is 34.8. The Labute approximate surface area is 532 Å². The van der Waals surface area contributed by atoms with Gasteiger partial charge in [0.2, 0.25) is 0 Å². The van der Waals surface area contributed by atoms with Crippen LogP contribution in [0.3, 0.4) is 0 Å². The van der Waals surface area contributed by atoms with Crippen molar-refractivity contribution in [1.82, 2.24) is 0 Å². The quantitative estimate of drug-likeness (QED) is 0.0544. The first-order valence-electron chi connectivity index (χ1n) is 33.8. The molecule has 0 N–H and O–H groups in total. The maximum absolute atomic E-state index is 12.2. The van der Waals surface area contributed by atoms with Crippen LogP contribution in [0.1, 0.15) is 233 Å². The van der Waals surface area contributed by atoms with Crippen LogP contribution in [0.25, 0.3) is 0 Å². The van der Waals surface area contributed by atoms with E-state index in [0.29, 0.717) is 44.6 Å². The van der Waals surface area contributed by atoms with Crippen molar-refractivity contribution in [2.75, 3.05) is 0 Å². The molecule has 0 spiro atoms. The van der Waals surface area contributed by atoms with Gasteiger partial charge in [0, 0.05) is 33.3 Å². The minimum atomic E-state index is -0.337. The Balaban J connectivity index is 0.000000197. The van der Waals surface area contributed by atoms with Crippen LogP contribution in [0.5, 0.6) is 0 Å². The molecule has 0 bridgehead atoms. The first-order valence-corrected chi connectivity index (χ1v) is 33.8. The Morgan fingerprint density at radius 1 is 0.506 bits per heavy atom. The van der Waals surface area contributed by atoms with Crippen LogP contribution in [0.15, 0.2) is 108 Å². The maximum Gasteiger partial charge on any atom is 0.0768 e. The van der Waals surface area contributed by atoms with Gasteiger partial charge >= 0.3 is 0 Å². The Morgan fingerprint density at radius 2 is 0.859 bits per heavy atom. The number of fused-ring (bicyclic) bond motifs is 10. The molecule has 468 valence electrons. The van der Waals surface area contributed by atoms with Gasteiger partial charge in [-0.25, -0.2) is 0 Å². The summed E-state index contributed by atoms with van der Waals surface area (Å²) in [6, 6.07) is 17.4. The van der Waals surface area contributed by atoms with Crippen molar-refractivity contribution in [2.24, 2.45) is 105 Å². The van der Waals surface area contributed by atoms with Crippen LogP contribution in [0.2, 0.25) is 0 Å². The van der Waals surface area contributed by atoms with Crippen LogP contribution in [-0.2, 0) is 31.3 Å². The second kappa shape index (κ2) is 30.8. The summed E-state index contributed by atoms with van der Waals surface area (Å²) in [5.74, 6) is 10.3. The standard InChI is InChI=1S/2C29H47O.2C10H9O2.Ti/c2*1-7-21(19(2)3)9-8-20(4)25-12-13-26-24-11-10-22-18-23(30)14-16-28(22,5)27(24)15-17-29(25,26)6;2*1-8(11)7-10(12)9-5-3-2-4-6-9;/h2*8-10,19-21,23-27H,7,11-18H2,1-6H3;2*2-7H,1H3;/q4*-1;/t2*20?,21-,23+,24+,25-,26?,27?,28+,29-;;;/m11.../s1. The van der Waals surface area contributed by atoms with E-state index >= 15 is 0 Å². The van der Waals surface area contributed by atoms with Gasteiger partial charge in [0.25, 0.3) is 0 Å². The topological polar surface area (TPSA) is 114 Å². The number of carbonyl (C=O) groups excluding carboxylic acids is 4. The molecule has 0 saturated heterocycles. The summed E-state index contributed by atoms with van der Waals surface area (Å²) in [7, 11) is 0. The van der Waals surface area contributed by atoms with Crippen molar-refractivity contribution < 1.29 is 51.1 Å². The van der Waals surface area contributed by atoms with Gasteiger partial charge in [-0.1, -0.05) is 180 Å². The number of carbonyl (C=O) groups is 4. The van der Waals surface area contributed by atoms with E-state index in [1.807, 2.05) is 12.1 Å². The van der Waals surface area contributed by atoms with Gasteiger partial charge in [-0.15, -0.1) is 60.4 Å². The van der Waals surface area contributed by atoms with Gasteiger partial charge in [-0.05, 0) is 221 Å². The summed E-state index contributed by atoms with van der Waals surface area (Å²) in [5, 5.41) is 24.4. The molecule has 7 heteroatoms. The van der Waals surface area contributed by atoms with Gasteiger partial charge < -0.3 is 29.4 Å². The Hall–Kier alpha value is -3.55. The summed E-state index contributed by atoms with van der Waals surface area (Å²) >= 11 is 0. The third kappa shape index (κ3) is 16.3. The molecule has 6 fully saturated rings. The molecule has 8 aliphatic carbocycles. The molecule has 6 saturated carbocycles. The van der Waals surface area contributed by atoms with Crippen LogP contribution >= 0.6 is 0 Å². The van der Waals surface area contributed by atoms with Crippen molar-refractivity contribution in [1.29, 1.82) is 0 Å². The predicted molar refractivity (Wildman–Crippen MR) is 343 cm³/mol. The van der Waals surface area contributed by atoms with Crippen molar-refractivity contribution in [2.45, 2.75) is 225 Å². The molecule has 85 heavy (non-hydrogen) atoms. The van der Waals surface area contributed by atoms with Crippen molar-refractivity contribution in [3.8, 4) is 0 Å². The van der Waals surface area contributed by atoms with Crippen molar-refractivity contribution in [3.63, 3.8) is 0 Å². The molecule has 6 unspecified atom stereocenters. The van der Waals surface area contributed by atoms with Crippen LogP contribution < -0.4 is 10.2 Å². The molecule has 2 aromatic rings. The van der Waals surface area contributed by atoms with E-state index in [0.717, 1.165) is 122 Å². The summed E-state index contributed by atoms with van der Waals surface area (Å²) in [5.41, 5.74) is 5.89.